The van der Waals surface area contributed by atoms with Gasteiger partial charge in [0, 0.05) is 31.3 Å². The number of carbonyl (C=O) groups excluding carboxylic acids is 1. The monoisotopic (exact) mass is 330 g/mol. The Kier molecular flexibility index (Phi) is 4.80. The number of piperidine rings is 1. The van der Waals surface area contributed by atoms with Gasteiger partial charge in [-0.05, 0) is 25.0 Å². The lowest BCUT2D eigenvalue weighted by molar-refractivity contribution is 0.150. The van der Waals surface area contributed by atoms with E-state index in [0.29, 0.717) is 24.9 Å². The van der Waals surface area contributed by atoms with Crippen LogP contribution in [0.1, 0.15) is 31.5 Å². The molecule has 2 heterocycles. The number of ether oxygens (including phenoxy) is 1. The van der Waals surface area contributed by atoms with Crippen molar-refractivity contribution in [2.75, 3.05) is 25.5 Å². The molecule has 1 N–H and O–H groups in total. The van der Waals surface area contributed by atoms with Crippen molar-refractivity contribution in [3.05, 3.63) is 42.0 Å². The summed E-state index contributed by atoms with van der Waals surface area (Å²) >= 11 is 0. The summed E-state index contributed by atoms with van der Waals surface area (Å²) in [5.74, 6) is 1.09. The first-order valence-electron chi connectivity index (χ1n) is 8.04. The molecule has 1 atom stereocenters. The van der Waals surface area contributed by atoms with Gasteiger partial charge >= 0.3 is 6.03 Å². The van der Waals surface area contributed by atoms with E-state index >= 15 is 0 Å². The first kappa shape index (κ1) is 16.4. The summed E-state index contributed by atoms with van der Waals surface area (Å²) in [6.07, 6.45) is 1.81. The lowest BCUT2D eigenvalue weighted by Gasteiger charge is -2.38. The Morgan fingerprint density at radius 1 is 1.42 bits per heavy atom. The van der Waals surface area contributed by atoms with Gasteiger partial charge in [0.15, 0.2) is 5.82 Å². The second-order valence-corrected chi connectivity index (χ2v) is 6.33. The molecule has 2 aromatic rings. The fourth-order valence-electron chi connectivity index (χ4n) is 3.00. The third-order valence-corrected chi connectivity index (χ3v) is 4.28. The summed E-state index contributed by atoms with van der Waals surface area (Å²) in [6.45, 7) is 3.63. The van der Waals surface area contributed by atoms with E-state index in [0.717, 1.165) is 25.1 Å². The highest BCUT2D eigenvalue weighted by atomic mass is 16.5. The number of hydrogen-bond acceptors (Lipinski definition) is 5. The van der Waals surface area contributed by atoms with E-state index in [1.807, 2.05) is 35.2 Å². The molecule has 2 amide bonds. The van der Waals surface area contributed by atoms with Crippen LogP contribution in [0.15, 0.2) is 34.9 Å². The molecule has 1 fully saturated rings. The molecule has 0 spiro atoms. The standard InChI is InChI=1S/C17H22N4O3/c1-17(15-19-14(11-23-2)24-20-15)9-6-10-21(12-17)16(22)18-13-7-4-3-5-8-13/h3-5,7-8H,6,9-12H2,1-2H3,(H,18,22). The van der Waals surface area contributed by atoms with Gasteiger partial charge < -0.3 is 19.5 Å². The van der Waals surface area contributed by atoms with Crippen LogP contribution in [0.25, 0.3) is 0 Å². The van der Waals surface area contributed by atoms with E-state index in [4.69, 9.17) is 9.26 Å². The zero-order valence-electron chi connectivity index (χ0n) is 14.0. The summed E-state index contributed by atoms with van der Waals surface area (Å²) in [7, 11) is 1.59. The van der Waals surface area contributed by atoms with Crippen molar-refractivity contribution in [1.82, 2.24) is 15.0 Å². The molecule has 0 saturated carbocycles. The summed E-state index contributed by atoms with van der Waals surface area (Å²) in [6, 6.07) is 9.35. The highest BCUT2D eigenvalue weighted by Crippen LogP contribution is 2.32. The van der Waals surface area contributed by atoms with Gasteiger partial charge in [-0.2, -0.15) is 4.98 Å². The van der Waals surface area contributed by atoms with Crippen LogP contribution < -0.4 is 5.32 Å². The average Bonchev–Trinajstić information content (AvgIpc) is 3.06. The van der Waals surface area contributed by atoms with E-state index in [2.05, 4.69) is 22.4 Å². The maximum atomic E-state index is 12.5. The summed E-state index contributed by atoms with van der Waals surface area (Å²) in [5, 5.41) is 7.01. The Labute approximate surface area is 141 Å². The minimum absolute atomic E-state index is 0.104. The topological polar surface area (TPSA) is 80.5 Å². The summed E-state index contributed by atoms with van der Waals surface area (Å²) in [5.41, 5.74) is 0.471. The molecule has 1 aromatic carbocycles. The largest absolute Gasteiger partial charge is 0.375 e. The molecule has 7 heteroatoms. The second kappa shape index (κ2) is 7.00. The van der Waals surface area contributed by atoms with Gasteiger partial charge in [0.05, 0.1) is 0 Å². The minimum atomic E-state index is -0.318. The second-order valence-electron chi connectivity index (χ2n) is 6.33. The molecular weight excluding hydrogens is 308 g/mol. The predicted octanol–water partition coefficient (Wildman–Crippen LogP) is 2.80. The SMILES string of the molecule is COCc1nc(C2(C)CCCN(C(=O)Nc3ccccc3)C2)no1. The number of urea groups is 1. The molecule has 0 radical (unpaired) electrons. The number of amides is 2. The molecular formula is C17H22N4O3. The number of likely N-dealkylation sites (tertiary alicyclic amines) is 1. The lowest BCUT2D eigenvalue weighted by Crippen LogP contribution is -2.49. The van der Waals surface area contributed by atoms with Crippen molar-refractivity contribution in [3.63, 3.8) is 0 Å². The van der Waals surface area contributed by atoms with Gasteiger partial charge in [-0.1, -0.05) is 30.3 Å². The van der Waals surface area contributed by atoms with Crippen LogP contribution in [0.4, 0.5) is 10.5 Å². The third kappa shape index (κ3) is 3.56. The van der Waals surface area contributed by atoms with Crippen molar-refractivity contribution < 1.29 is 14.1 Å². The number of anilines is 1. The molecule has 0 bridgehead atoms. The van der Waals surface area contributed by atoms with E-state index in [1.165, 1.54) is 0 Å². The van der Waals surface area contributed by atoms with Gasteiger partial charge in [-0.3, -0.25) is 0 Å². The Morgan fingerprint density at radius 2 is 2.21 bits per heavy atom. The molecule has 3 rings (SSSR count). The maximum absolute atomic E-state index is 12.5. The molecule has 128 valence electrons. The number of nitrogens with zero attached hydrogens (tertiary/aromatic N) is 3. The zero-order valence-corrected chi connectivity index (χ0v) is 14.0. The van der Waals surface area contributed by atoms with E-state index < -0.39 is 0 Å². The van der Waals surface area contributed by atoms with Crippen LogP contribution in [0.3, 0.4) is 0 Å². The summed E-state index contributed by atoms with van der Waals surface area (Å²) in [4.78, 5) is 18.7. The Bertz CT molecular complexity index is 688. The van der Waals surface area contributed by atoms with Crippen molar-refractivity contribution in [3.8, 4) is 0 Å². The first-order chi connectivity index (χ1) is 11.6. The predicted molar refractivity (Wildman–Crippen MR) is 88.6 cm³/mol. The van der Waals surface area contributed by atoms with Gasteiger partial charge in [-0.15, -0.1) is 0 Å². The number of methoxy groups -OCH3 is 1. The van der Waals surface area contributed by atoms with Crippen LogP contribution in [-0.4, -0.2) is 41.3 Å². The fourth-order valence-corrected chi connectivity index (χ4v) is 3.00. The van der Waals surface area contributed by atoms with Crippen molar-refractivity contribution in [2.24, 2.45) is 0 Å². The molecule has 0 aliphatic carbocycles. The molecule has 7 nitrogen and oxygen atoms in total. The average molecular weight is 330 g/mol. The Morgan fingerprint density at radius 3 is 2.96 bits per heavy atom. The highest BCUT2D eigenvalue weighted by molar-refractivity contribution is 5.89. The third-order valence-electron chi connectivity index (χ3n) is 4.28. The Balaban J connectivity index is 1.69. The minimum Gasteiger partial charge on any atom is -0.375 e. The number of benzene rings is 1. The number of carbonyl (C=O) groups is 1. The van der Waals surface area contributed by atoms with Crippen LogP contribution in [0.5, 0.6) is 0 Å². The van der Waals surface area contributed by atoms with Crippen LogP contribution >= 0.6 is 0 Å². The quantitative estimate of drug-likeness (QED) is 0.932. The van der Waals surface area contributed by atoms with Crippen molar-refractivity contribution >= 4 is 11.7 Å². The van der Waals surface area contributed by atoms with E-state index in [-0.39, 0.29) is 11.4 Å². The van der Waals surface area contributed by atoms with E-state index in [1.54, 1.807) is 7.11 Å². The van der Waals surface area contributed by atoms with Crippen molar-refractivity contribution in [2.45, 2.75) is 31.8 Å². The van der Waals surface area contributed by atoms with Gasteiger partial charge in [0.1, 0.15) is 6.61 Å². The van der Waals surface area contributed by atoms with Gasteiger partial charge in [0.2, 0.25) is 0 Å². The van der Waals surface area contributed by atoms with Crippen LogP contribution in [0, 0.1) is 0 Å². The molecule has 24 heavy (non-hydrogen) atoms. The first-order valence-corrected chi connectivity index (χ1v) is 8.04. The number of hydrogen-bond donors (Lipinski definition) is 1. The van der Waals surface area contributed by atoms with Crippen LogP contribution in [0.2, 0.25) is 0 Å². The fraction of sp³-hybridized carbons (Fsp3) is 0.471. The van der Waals surface area contributed by atoms with Gasteiger partial charge in [-0.25, -0.2) is 4.79 Å². The summed E-state index contributed by atoms with van der Waals surface area (Å²) < 4.78 is 10.2. The number of rotatable bonds is 4. The van der Waals surface area contributed by atoms with Gasteiger partial charge in [0.25, 0.3) is 5.89 Å². The number of aromatic nitrogens is 2. The smallest absolute Gasteiger partial charge is 0.321 e. The zero-order chi connectivity index (χ0) is 17.0. The van der Waals surface area contributed by atoms with E-state index in [9.17, 15) is 4.79 Å². The molecule has 1 saturated heterocycles. The molecule has 1 aromatic heterocycles. The normalized spacial score (nSPS) is 20.8. The molecule has 1 unspecified atom stereocenters. The molecule has 1 aliphatic rings. The maximum Gasteiger partial charge on any atom is 0.321 e. The lowest BCUT2D eigenvalue weighted by atomic mass is 9.81. The highest BCUT2D eigenvalue weighted by Gasteiger charge is 2.38. The number of para-hydroxylation sites is 1. The van der Waals surface area contributed by atoms with Crippen LogP contribution in [-0.2, 0) is 16.8 Å². The molecule has 1 aliphatic heterocycles. The number of nitrogens with one attached hydrogen (secondary N) is 1. The van der Waals surface area contributed by atoms with Crippen molar-refractivity contribution in [1.29, 1.82) is 0 Å². The Hall–Kier alpha value is -2.41.